The summed E-state index contributed by atoms with van der Waals surface area (Å²) in [6.07, 6.45) is 3.87. The van der Waals surface area contributed by atoms with Gasteiger partial charge in [-0.2, -0.15) is 0 Å². The summed E-state index contributed by atoms with van der Waals surface area (Å²) in [6.45, 7) is 3.01. The minimum atomic E-state index is -4.21. The fourth-order valence-electron chi connectivity index (χ4n) is 4.77. The Bertz CT molecular complexity index is 1490. The maximum Gasteiger partial charge on any atom is 0.264 e. The molecular formula is C30H32Cl3N3O4S. The van der Waals surface area contributed by atoms with Gasteiger partial charge in [-0.3, -0.25) is 13.9 Å². The maximum absolute atomic E-state index is 14.0. The molecule has 0 spiro atoms. The van der Waals surface area contributed by atoms with Crippen LogP contribution in [0.1, 0.15) is 43.7 Å². The smallest absolute Gasteiger partial charge is 0.264 e. The minimum absolute atomic E-state index is 0.0123. The highest BCUT2D eigenvalue weighted by Crippen LogP contribution is 2.31. The normalized spacial score (nSPS) is 14.5. The van der Waals surface area contributed by atoms with E-state index in [2.05, 4.69) is 5.32 Å². The Morgan fingerprint density at radius 1 is 0.927 bits per heavy atom. The Morgan fingerprint density at radius 2 is 1.56 bits per heavy atom. The van der Waals surface area contributed by atoms with E-state index in [9.17, 15) is 18.0 Å². The number of hydrogen-bond acceptors (Lipinski definition) is 4. The van der Waals surface area contributed by atoms with Crippen molar-refractivity contribution in [2.24, 2.45) is 0 Å². The molecule has 0 radical (unpaired) electrons. The van der Waals surface area contributed by atoms with Gasteiger partial charge in [0.2, 0.25) is 11.8 Å². The molecule has 2 amide bonds. The van der Waals surface area contributed by atoms with Gasteiger partial charge in [0.05, 0.1) is 20.6 Å². The minimum Gasteiger partial charge on any atom is -0.352 e. The van der Waals surface area contributed by atoms with Gasteiger partial charge < -0.3 is 10.2 Å². The summed E-state index contributed by atoms with van der Waals surface area (Å²) in [5.41, 5.74) is 1.80. The van der Waals surface area contributed by atoms with Gasteiger partial charge in [0.25, 0.3) is 10.0 Å². The number of nitrogens with one attached hydrogen (secondary N) is 1. The Kier molecular flexibility index (Phi) is 10.2. The summed E-state index contributed by atoms with van der Waals surface area (Å²) in [7, 11) is -4.21. The highest BCUT2D eigenvalue weighted by molar-refractivity contribution is 7.92. The van der Waals surface area contributed by atoms with Gasteiger partial charge in [0, 0.05) is 17.6 Å². The first-order chi connectivity index (χ1) is 19.5. The molecule has 7 nitrogen and oxygen atoms in total. The van der Waals surface area contributed by atoms with E-state index in [1.54, 1.807) is 43.3 Å². The van der Waals surface area contributed by atoms with Crippen LogP contribution in [-0.2, 0) is 26.2 Å². The third kappa shape index (κ3) is 7.74. The first-order valence-electron chi connectivity index (χ1n) is 13.3. The number of rotatable bonds is 10. The largest absolute Gasteiger partial charge is 0.352 e. The average Bonchev–Trinajstić information content (AvgIpc) is 3.45. The molecule has 1 aliphatic carbocycles. The summed E-state index contributed by atoms with van der Waals surface area (Å²) in [5, 5.41) is 3.97. The first kappa shape index (κ1) is 31.2. The predicted molar refractivity (Wildman–Crippen MR) is 164 cm³/mol. The topological polar surface area (TPSA) is 86.8 Å². The molecule has 3 aromatic carbocycles. The number of amides is 2. The van der Waals surface area contributed by atoms with Crippen LogP contribution in [0, 0.1) is 6.92 Å². The highest BCUT2D eigenvalue weighted by Gasteiger charge is 2.33. The van der Waals surface area contributed by atoms with Gasteiger partial charge in [-0.25, -0.2) is 8.42 Å². The number of aryl methyl sites for hydroxylation is 1. The molecule has 1 N–H and O–H groups in total. The molecular weight excluding hydrogens is 605 g/mol. The number of carbonyl (C=O) groups is 2. The van der Waals surface area contributed by atoms with Crippen LogP contribution in [0.4, 0.5) is 5.69 Å². The lowest BCUT2D eigenvalue weighted by atomic mass is 10.1. The zero-order valence-electron chi connectivity index (χ0n) is 22.8. The number of carbonyl (C=O) groups excluding carboxylic acids is 2. The van der Waals surface area contributed by atoms with Crippen LogP contribution < -0.4 is 9.62 Å². The van der Waals surface area contributed by atoms with Crippen molar-refractivity contribution in [3.63, 3.8) is 0 Å². The second kappa shape index (κ2) is 13.5. The third-order valence-corrected chi connectivity index (χ3v) is 9.99. The molecule has 0 unspecified atom stereocenters. The molecule has 0 bridgehead atoms. The predicted octanol–water partition coefficient (Wildman–Crippen LogP) is 6.63. The molecule has 3 aromatic rings. The first-order valence-corrected chi connectivity index (χ1v) is 15.9. The fourth-order valence-corrected chi connectivity index (χ4v) is 6.59. The highest BCUT2D eigenvalue weighted by atomic mass is 35.5. The van der Waals surface area contributed by atoms with Gasteiger partial charge >= 0.3 is 0 Å². The van der Waals surface area contributed by atoms with Gasteiger partial charge in [-0.15, -0.1) is 0 Å². The molecule has 0 heterocycles. The van der Waals surface area contributed by atoms with Crippen LogP contribution in [0.5, 0.6) is 0 Å². The van der Waals surface area contributed by atoms with Crippen molar-refractivity contribution in [2.75, 3.05) is 10.8 Å². The number of hydrogen-bond donors (Lipinski definition) is 1. The Balaban J connectivity index is 1.70. The van der Waals surface area contributed by atoms with E-state index in [0.29, 0.717) is 5.02 Å². The van der Waals surface area contributed by atoms with Crippen LogP contribution in [0.3, 0.4) is 0 Å². The van der Waals surface area contributed by atoms with E-state index in [1.165, 1.54) is 35.2 Å². The molecule has 1 aliphatic rings. The number of sulfonamides is 1. The van der Waals surface area contributed by atoms with E-state index >= 15 is 0 Å². The van der Waals surface area contributed by atoms with Crippen LogP contribution in [0.25, 0.3) is 0 Å². The standard InChI is InChI=1S/C30H32Cl3N3O4S/c1-20-7-14-26(15-8-20)41(39,40)36(25-13-16-27(32)28(33)17-25)19-29(37)35(18-22-9-11-23(31)12-10-22)21(2)30(38)34-24-5-3-4-6-24/h7-17,21,24H,3-6,18-19H2,1-2H3,(H,34,38)/t21-/m0/s1. The summed E-state index contributed by atoms with van der Waals surface area (Å²) >= 11 is 18.4. The van der Waals surface area contributed by atoms with Gasteiger partial charge in [0.1, 0.15) is 12.6 Å². The number of anilines is 1. The van der Waals surface area contributed by atoms with E-state index in [1.807, 2.05) is 6.92 Å². The Morgan fingerprint density at radius 3 is 2.17 bits per heavy atom. The quantitative estimate of drug-likeness (QED) is 0.271. The summed E-state index contributed by atoms with van der Waals surface area (Å²) in [4.78, 5) is 28.7. The van der Waals surface area contributed by atoms with Crippen molar-refractivity contribution in [3.8, 4) is 0 Å². The van der Waals surface area contributed by atoms with Crippen LogP contribution in [0.15, 0.2) is 71.6 Å². The molecule has 41 heavy (non-hydrogen) atoms. The van der Waals surface area contributed by atoms with Gasteiger partial charge in [-0.05, 0) is 74.7 Å². The summed E-state index contributed by atoms with van der Waals surface area (Å²) in [5.74, 6) is -0.850. The Hall–Kier alpha value is -2.78. The summed E-state index contributed by atoms with van der Waals surface area (Å²) < 4.78 is 28.8. The SMILES string of the molecule is Cc1ccc(S(=O)(=O)N(CC(=O)N(Cc2ccc(Cl)cc2)[C@@H](C)C(=O)NC2CCCC2)c2ccc(Cl)c(Cl)c2)cc1. The van der Waals surface area contributed by atoms with Crippen molar-refractivity contribution in [2.45, 2.75) is 63.1 Å². The molecule has 4 rings (SSSR count). The van der Waals surface area contributed by atoms with E-state index in [-0.39, 0.29) is 39.1 Å². The Labute approximate surface area is 256 Å². The van der Waals surface area contributed by atoms with E-state index < -0.39 is 28.5 Å². The van der Waals surface area contributed by atoms with Crippen molar-refractivity contribution in [1.82, 2.24) is 10.2 Å². The molecule has 218 valence electrons. The average molecular weight is 637 g/mol. The number of nitrogens with zero attached hydrogens (tertiary/aromatic N) is 2. The fraction of sp³-hybridized carbons (Fsp3) is 0.333. The lowest BCUT2D eigenvalue weighted by Gasteiger charge is -2.32. The van der Waals surface area contributed by atoms with Crippen molar-refractivity contribution < 1.29 is 18.0 Å². The molecule has 1 saturated carbocycles. The molecule has 0 saturated heterocycles. The van der Waals surface area contributed by atoms with Crippen molar-refractivity contribution >= 4 is 62.3 Å². The lowest BCUT2D eigenvalue weighted by molar-refractivity contribution is -0.139. The second-order valence-corrected chi connectivity index (χ2v) is 13.4. The van der Waals surface area contributed by atoms with Crippen LogP contribution in [-0.4, -0.2) is 43.8 Å². The maximum atomic E-state index is 14.0. The number of halogens is 3. The van der Waals surface area contributed by atoms with E-state index in [4.69, 9.17) is 34.8 Å². The van der Waals surface area contributed by atoms with Crippen LogP contribution in [0.2, 0.25) is 15.1 Å². The zero-order valence-corrected chi connectivity index (χ0v) is 25.9. The number of benzene rings is 3. The lowest BCUT2D eigenvalue weighted by Crippen LogP contribution is -2.52. The van der Waals surface area contributed by atoms with Crippen molar-refractivity contribution in [3.05, 3.63) is 92.9 Å². The van der Waals surface area contributed by atoms with Gasteiger partial charge in [-0.1, -0.05) is 77.5 Å². The van der Waals surface area contributed by atoms with Gasteiger partial charge in [0.15, 0.2) is 0 Å². The van der Waals surface area contributed by atoms with Crippen LogP contribution >= 0.6 is 34.8 Å². The molecule has 0 aromatic heterocycles. The molecule has 1 atom stereocenters. The molecule has 1 fully saturated rings. The molecule has 11 heteroatoms. The monoisotopic (exact) mass is 635 g/mol. The van der Waals surface area contributed by atoms with Crippen molar-refractivity contribution in [1.29, 1.82) is 0 Å². The third-order valence-electron chi connectivity index (χ3n) is 7.21. The summed E-state index contributed by atoms with van der Waals surface area (Å²) in [6, 6.07) is 16.9. The molecule has 0 aliphatic heterocycles. The van der Waals surface area contributed by atoms with E-state index in [0.717, 1.165) is 41.1 Å². The second-order valence-electron chi connectivity index (χ2n) is 10.2. The zero-order chi connectivity index (χ0) is 29.7.